The fourth-order valence-electron chi connectivity index (χ4n) is 6.39. The number of hydrogen-bond donors (Lipinski definition) is 1. The Hall–Kier alpha value is -3.86. The predicted molar refractivity (Wildman–Crippen MR) is 162 cm³/mol. The van der Waals surface area contributed by atoms with Crippen LogP contribution in [0, 0.1) is 11.8 Å². The second-order valence-corrected chi connectivity index (χ2v) is 12.6. The number of aromatic nitrogens is 2. The highest BCUT2D eigenvalue weighted by atomic mass is 32.1. The summed E-state index contributed by atoms with van der Waals surface area (Å²) in [5.74, 6) is -0.315. The molecule has 2 aliphatic carbocycles. The Labute approximate surface area is 253 Å². The van der Waals surface area contributed by atoms with E-state index in [4.69, 9.17) is 9.72 Å². The molecule has 0 spiro atoms. The molecule has 11 heteroatoms. The van der Waals surface area contributed by atoms with E-state index < -0.39 is 18.7 Å². The van der Waals surface area contributed by atoms with E-state index in [1.807, 2.05) is 17.5 Å². The van der Waals surface area contributed by atoms with Crippen LogP contribution in [0.3, 0.4) is 0 Å². The van der Waals surface area contributed by atoms with Crippen LogP contribution in [0.1, 0.15) is 63.4 Å². The highest BCUT2D eigenvalue weighted by Gasteiger charge is 2.40. The zero-order valence-corrected chi connectivity index (χ0v) is 24.9. The average molecular weight is 607 g/mol. The summed E-state index contributed by atoms with van der Waals surface area (Å²) in [7, 11) is 1.72. The second-order valence-electron chi connectivity index (χ2n) is 11.8. The molecule has 3 aromatic rings. The van der Waals surface area contributed by atoms with Crippen LogP contribution >= 0.6 is 11.3 Å². The Balaban J connectivity index is 1.34. The van der Waals surface area contributed by atoms with Gasteiger partial charge in [-0.05, 0) is 67.0 Å². The SMILES string of the molecule is CN1C(=O)CCc2cc(-c3ccc(OCF)cc3-c3csc(N(C(=O)[C@@H](CC(=O)O)CC4CCCC4)C4CC4)n3)cnc21. The summed E-state index contributed by atoms with van der Waals surface area (Å²) in [5, 5.41) is 12.0. The van der Waals surface area contributed by atoms with E-state index in [1.54, 1.807) is 35.2 Å². The normalized spacial score (nSPS) is 17.5. The minimum absolute atomic E-state index is 0.0107. The van der Waals surface area contributed by atoms with Crippen molar-refractivity contribution in [1.29, 1.82) is 0 Å². The lowest BCUT2D eigenvalue weighted by Gasteiger charge is -2.26. The second kappa shape index (κ2) is 12.4. The molecular formula is C32H35FN4O5S. The summed E-state index contributed by atoms with van der Waals surface area (Å²) in [6.07, 6.45) is 9.17. The third-order valence-electron chi connectivity index (χ3n) is 8.75. The smallest absolute Gasteiger partial charge is 0.304 e. The highest BCUT2D eigenvalue weighted by molar-refractivity contribution is 7.14. The van der Waals surface area contributed by atoms with Gasteiger partial charge in [-0.15, -0.1) is 11.3 Å². The van der Waals surface area contributed by atoms with Crippen LogP contribution in [0.15, 0.2) is 35.8 Å². The van der Waals surface area contributed by atoms with Gasteiger partial charge in [-0.1, -0.05) is 25.7 Å². The molecule has 1 aromatic carbocycles. The fourth-order valence-corrected chi connectivity index (χ4v) is 7.29. The zero-order chi connectivity index (χ0) is 30.1. The number of carbonyl (C=O) groups is 3. The number of amides is 2. The lowest BCUT2D eigenvalue weighted by Crippen LogP contribution is -2.39. The quantitative estimate of drug-likeness (QED) is 0.274. The number of aryl methyl sites for hydroxylation is 1. The van der Waals surface area contributed by atoms with Crippen molar-refractivity contribution in [2.24, 2.45) is 11.8 Å². The summed E-state index contributed by atoms with van der Waals surface area (Å²) in [5.41, 5.74) is 3.91. The highest BCUT2D eigenvalue weighted by Crippen LogP contribution is 2.42. The molecule has 1 aliphatic heterocycles. The summed E-state index contributed by atoms with van der Waals surface area (Å²) >= 11 is 1.35. The van der Waals surface area contributed by atoms with Crippen molar-refractivity contribution in [3.8, 4) is 28.1 Å². The first kappa shape index (κ1) is 29.2. The molecule has 0 saturated heterocycles. The van der Waals surface area contributed by atoms with Crippen LogP contribution in [-0.4, -0.2) is 52.8 Å². The third kappa shape index (κ3) is 6.27. The number of benzene rings is 1. The van der Waals surface area contributed by atoms with E-state index in [2.05, 4.69) is 4.98 Å². The Morgan fingerprint density at radius 2 is 1.95 bits per heavy atom. The van der Waals surface area contributed by atoms with Gasteiger partial charge in [0.1, 0.15) is 11.6 Å². The van der Waals surface area contributed by atoms with E-state index in [0.29, 0.717) is 53.1 Å². The number of fused-ring (bicyclic) bond motifs is 1. The van der Waals surface area contributed by atoms with Crippen molar-refractivity contribution >= 4 is 40.1 Å². The molecule has 2 fully saturated rings. The topological polar surface area (TPSA) is 113 Å². The minimum Gasteiger partial charge on any atom is -0.481 e. The van der Waals surface area contributed by atoms with E-state index in [9.17, 15) is 23.9 Å². The maximum Gasteiger partial charge on any atom is 0.304 e. The molecule has 2 aromatic heterocycles. The number of alkyl halides is 1. The molecule has 226 valence electrons. The van der Waals surface area contributed by atoms with Gasteiger partial charge in [0.05, 0.1) is 12.1 Å². The number of carbonyl (C=O) groups excluding carboxylic acids is 2. The van der Waals surface area contributed by atoms with Gasteiger partial charge < -0.3 is 9.84 Å². The number of carboxylic acids is 1. The summed E-state index contributed by atoms with van der Waals surface area (Å²) in [6, 6.07) is 7.30. The summed E-state index contributed by atoms with van der Waals surface area (Å²) < 4.78 is 18.3. The number of rotatable bonds is 11. The lowest BCUT2D eigenvalue weighted by molar-refractivity contribution is -0.141. The van der Waals surface area contributed by atoms with Gasteiger partial charge in [-0.3, -0.25) is 24.2 Å². The van der Waals surface area contributed by atoms with E-state index in [0.717, 1.165) is 55.2 Å². The van der Waals surface area contributed by atoms with Crippen molar-refractivity contribution < 1.29 is 28.6 Å². The fraction of sp³-hybridized carbons (Fsp3) is 0.469. The Morgan fingerprint density at radius 1 is 1.16 bits per heavy atom. The first-order valence-electron chi connectivity index (χ1n) is 14.9. The molecule has 1 atom stereocenters. The largest absolute Gasteiger partial charge is 0.481 e. The van der Waals surface area contributed by atoms with Crippen LogP contribution in [0.25, 0.3) is 22.4 Å². The monoisotopic (exact) mass is 606 g/mol. The standard InChI is InChI=1S/C32H35FN4O5S/c1-36-28(38)11-6-20-13-22(16-34-30(20)36)25-10-9-24(42-18-33)15-26(25)27-17-43-32(35-27)37(23-7-8-23)31(41)21(14-29(39)40)12-19-4-2-3-5-19/h9-10,13,15-17,19,21,23H,2-8,11-12,14,18H2,1H3,(H,39,40)/t21-/m1/s1. The van der Waals surface area contributed by atoms with Crippen LogP contribution in [0.4, 0.5) is 15.3 Å². The molecule has 2 saturated carbocycles. The van der Waals surface area contributed by atoms with Crippen LogP contribution in [-0.2, 0) is 20.8 Å². The number of anilines is 2. The van der Waals surface area contributed by atoms with Gasteiger partial charge in [0, 0.05) is 48.1 Å². The van der Waals surface area contributed by atoms with Gasteiger partial charge in [-0.25, -0.2) is 14.4 Å². The van der Waals surface area contributed by atoms with Gasteiger partial charge >= 0.3 is 5.97 Å². The molecule has 0 bridgehead atoms. The van der Waals surface area contributed by atoms with Gasteiger partial charge in [0.2, 0.25) is 18.7 Å². The number of halogens is 1. The van der Waals surface area contributed by atoms with Crippen molar-refractivity contribution in [1.82, 2.24) is 9.97 Å². The van der Waals surface area contributed by atoms with Gasteiger partial charge in [0.25, 0.3) is 0 Å². The average Bonchev–Trinajstić information content (AvgIpc) is 3.46. The number of ether oxygens (including phenoxy) is 1. The van der Waals surface area contributed by atoms with Crippen LogP contribution in [0.5, 0.6) is 5.75 Å². The zero-order valence-electron chi connectivity index (χ0n) is 24.1. The molecule has 3 aliphatic rings. The summed E-state index contributed by atoms with van der Waals surface area (Å²) in [6.45, 7) is -0.974. The first-order valence-corrected chi connectivity index (χ1v) is 15.8. The van der Waals surface area contributed by atoms with E-state index >= 15 is 0 Å². The number of carboxylic acid groups (broad SMARTS) is 1. The van der Waals surface area contributed by atoms with Crippen molar-refractivity contribution in [2.75, 3.05) is 23.7 Å². The molecule has 6 rings (SSSR count). The number of pyridine rings is 1. The minimum atomic E-state index is -0.974. The molecule has 3 heterocycles. The maximum absolute atomic E-state index is 13.9. The Morgan fingerprint density at radius 3 is 2.67 bits per heavy atom. The van der Waals surface area contributed by atoms with Gasteiger partial charge in [-0.2, -0.15) is 0 Å². The van der Waals surface area contributed by atoms with E-state index in [-0.39, 0.29) is 24.3 Å². The molecule has 9 nitrogen and oxygen atoms in total. The van der Waals surface area contributed by atoms with Crippen LogP contribution < -0.4 is 14.5 Å². The molecule has 43 heavy (non-hydrogen) atoms. The number of thiazole rings is 1. The van der Waals surface area contributed by atoms with Crippen molar-refractivity contribution in [2.45, 2.75) is 70.3 Å². The molecule has 0 radical (unpaired) electrons. The summed E-state index contributed by atoms with van der Waals surface area (Å²) in [4.78, 5) is 50.7. The number of nitrogens with zero attached hydrogens (tertiary/aromatic N) is 4. The Bertz CT molecular complexity index is 1530. The van der Waals surface area contributed by atoms with E-state index in [1.165, 1.54) is 11.3 Å². The molecule has 0 unspecified atom stereocenters. The van der Waals surface area contributed by atoms with Gasteiger partial charge in [0.15, 0.2) is 5.13 Å². The number of hydrogen-bond acceptors (Lipinski definition) is 7. The molecular weight excluding hydrogens is 571 g/mol. The number of aliphatic carboxylic acids is 1. The third-order valence-corrected chi connectivity index (χ3v) is 9.59. The van der Waals surface area contributed by atoms with Crippen molar-refractivity contribution in [3.05, 3.63) is 41.4 Å². The maximum atomic E-state index is 13.9. The lowest BCUT2D eigenvalue weighted by atomic mass is 9.90. The van der Waals surface area contributed by atoms with Crippen LogP contribution in [0.2, 0.25) is 0 Å². The first-order chi connectivity index (χ1) is 20.8. The molecule has 1 N–H and O–H groups in total. The predicted octanol–water partition coefficient (Wildman–Crippen LogP) is 6.25. The van der Waals surface area contributed by atoms with Crippen molar-refractivity contribution in [3.63, 3.8) is 0 Å². The molecule has 2 amide bonds. The Kier molecular flexibility index (Phi) is 8.43.